The van der Waals surface area contributed by atoms with Gasteiger partial charge in [-0.1, -0.05) is 18.2 Å². The van der Waals surface area contributed by atoms with Crippen molar-refractivity contribution in [3.05, 3.63) is 41.7 Å². The van der Waals surface area contributed by atoms with Crippen molar-refractivity contribution in [3.8, 4) is 11.1 Å². The zero-order valence-corrected chi connectivity index (χ0v) is 9.52. The molecular weight excluding hydrogens is 214 g/mol. The number of benzene rings is 1. The van der Waals surface area contributed by atoms with Gasteiger partial charge in [-0.25, -0.2) is 0 Å². The number of fused-ring (bicyclic) bond motifs is 1. The summed E-state index contributed by atoms with van der Waals surface area (Å²) in [6.07, 6.45) is 4.74. The van der Waals surface area contributed by atoms with E-state index in [4.69, 9.17) is 10.5 Å². The van der Waals surface area contributed by atoms with Crippen LogP contribution in [-0.4, -0.2) is 23.3 Å². The number of hydrogen-bond acceptors (Lipinski definition) is 3. The predicted molar refractivity (Wildman–Crippen MR) is 65.5 cm³/mol. The van der Waals surface area contributed by atoms with Gasteiger partial charge in [0.25, 0.3) is 0 Å². The number of ether oxygens (including phenoxy) is 1. The van der Waals surface area contributed by atoms with E-state index in [0.717, 1.165) is 18.6 Å². The quantitative estimate of drug-likeness (QED) is 0.823. The Morgan fingerprint density at radius 1 is 1.47 bits per heavy atom. The Labute approximate surface area is 99.8 Å². The van der Waals surface area contributed by atoms with Crippen LogP contribution in [0.1, 0.15) is 17.2 Å². The highest BCUT2D eigenvalue weighted by molar-refractivity contribution is 5.68. The van der Waals surface area contributed by atoms with Gasteiger partial charge in [0.05, 0.1) is 18.9 Å². The molecule has 0 radical (unpaired) electrons. The maximum Gasteiger partial charge on any atom is 0.0950 e. The molecule has 0 spiro atoms. The second-order valence-corrected chi connectivity index (χ2v) is 4.21. The lowest BCUT2D eigenvalue weighted by molar-refractivity contribution is 0.0486. The van der Waals surface area contributed by atoms with E-state index in [-0.39, 0.29) is 6.10 Å². The Bertz CT molecular complexity index is 507. The first kappa shape index (κ1) is 10.5. The molecule has 3 N–H and O–H groups in total. The third-order valence-corrected chi connectivity index (χ3v) is 3.25. The molecule has 4 nitrogen and oxygen atoms in total. The zero-order valence-electron chi connectivity index (χ0n) is 9.52. The minimum Gasteiger partial charge on any atom is -0.372 e. The minimum absolute atomic E-state index is 0.0330. The first-order valence-corrected chi connectivity index (χ1v) is 5.82. The maximum absolute atomic E-state index is 5.74. The van der Waals surface area contributed by atoms with Crippen molar-refractivity contribution in [1.29, 1.82) is 0 Å². The van der Waals surface area contributed by atoms with E-state index in [9.17, 15) is 0 Å². The lowest BCUT2D eigenvalue weighted by Gasteiger charge is -2.26. The van der Waals surface area contributed by atoms with Crippen molar-refractivity contribution in [3.63, 3.8) is 0 Å². The van der Waals surface area contributed by atoms with Crippen molar-refractivity contribution >= 4 is 0 Å². The Morgan fingerprint density at radius 2 is 2.41 bits per heavy atom. The second-order valence-electron chi connectivity index (χ2n) is 4.21. The van der Waals surface area contributed by atoms with Crippen LogP contribution < -0.4 is 5.73 Å². The van der Waals surface area contributed by atoms with Crippen molar-refractivity contribution in [2.24, 2.45) is 5.73 Å². The fraction of sp³-hybridized carbons (Fsp3) is 0.308. The van der Waals surface area contributed by atoms with E-state index < -0.39 is 0 Å². The number of aromatic amines is 1. The van der Waals surface area contributed by atoms with Crippen LogP contribution in [0.3, 0.4) is 0 Å². The van der Waals surface area contributed by atoms with Crippen LogP contribution in [0.5, 0.6) is 0 Å². The molecule has 1 aromatic carbocycles. The highest BCUT2D eigenvalue weighted by Gasteiger charge is 2.22. The van der Waals surface area contributed by atoms with Gasteiger partial charge in [0.1, 0.15) is 0 Å². The summed E-state index contributed by atoms with van der Waals surface area (Å²) >= 11 is 0. The van der Waals surface area contributed by atoms with Gasteiger partial charge >= 0.3 is 0 Å². The van der Waals surface area contributed by atoms with Crippen molar-refractivity contribution in [1.82, 2.24) is 10.2 Å². The monoisotopic (exact) mass is 229 g/mol. The number of nitrogens with zero attached hydrogens (tertiary/aromatic N) is 1. The van der Waals surface area contributed by atoms with E-state index in [1.165, 1.54) is 16.7 Å². The van der Waals surface area contributed by atoms with Crippen LogP contribution in [0.15, 0.2) is 30.6 Å². The molecule has 88 valence electrons. The fourth-order valence-corrected chi connectivity index (χ4v) is 2.44. The smallest absolute Gasteiger partial charge is 0.0950 e. The summed E-state index contributed by atoms with van der Waals surface area (Å²) in [6.45, 7) is 1.27. The molecule has 1 aromatic heterocycles. The number of hydrogen-bond donors (Lipinski definition) is 2. The normalized spacial score (nSPS) is 19.0. The highest BCUT2D eigenvalue weighted by Crippen LogP contribution is 2.33. The largest absolute Gasteiger partial charge is 0.372 e. The van der Waals surface area contributed by atoms with E-state index in [0.29, 0.717) is 6.54 Å². The second kappa shape index (κ2) is 4.31. The standard InChI is InChI=1S/C13H15N3O/c14-6-13-12-3-1-2-10(9-7-15-16-8-9)11(12)4-5-17-13/h1-3,7-8,13H,4-6,14H2,(H,15,16). The van der Waals surface area contributed by atoms with Gasteiger partial charge in [-0.05, 0) is 23.1 Å². The summed E-state index contributed by atoms with van der Waals surface area (Å²) in [5.74, 6) is 0. The molecule has 0 saturated heterocycles. The summed E-state index contributed by atoms with van der Waals surface area (Å²) in [6, 6.07) is 6.29. The molecular formula is C13H15N3O. The molecule has 1 atom stereocenters. The predicted octanol–water partition coefficient (Wildman–Crippen LogP) is 1.65. The number of H-pyrrole nitrogens is 1. The topological polar surface area (TPSA) is 63.9 Å². The van der Waals surface area contributed by atoms with Crippen LogP contribution in [0.25, 0.3) is 11.1 Å². The van der Waals surface area contributed by atoms with Gasteiger partial charge in [0, 0.05) is 18.3 Å². The number of nitrogens with two attached hydrogens (primary N) is 1. The fourth-order valence-electron chi connectivity index (χ4n) is 2.44. The summed E-state index contributed by atoms with van der Waals surface area (Å²) in [5.41, 5.74) is 10.7. The maximum atomic E-state index is 5.74. The van der Waals surface area contributed by atoms with Gasteiger partial charge in [-0.2, -0.15) is 5.10 Å². The molecule has 0 bridgehead atoms. The summed E-state index contributed by atoms with van der Waals surface area (Å²) in [5, 5.41) is 6.86. The van der Waals surface area contributed by atoms with Gasteiger partial charge in [-0.15, -0.1) is 0 Å². The lowest BCUT2D eigenvalue weighted by atomic mass is 9.90. The Hall–Kier alpha value is -1.65. The molecule has 4 heteroatoms. The first-order valence-electron chi connectivity index (χ1n) is 5.82. The Balaban J connectivity index is 2.12. The molecule has 0 fully saturated rings. The van der Waals surface area contributed by atoms with E-state index in [1.807, 2.05) is 12.4 Å². The van der Waals surface area contributed by atoms with Gasteiger partial charge in [0.15, 0.2) is 0 Å². The van der Waals surface area contributed by atoms with Crippen molar-refractivity contribution in [2.45, 2.75) is 12.5 Å². The van der Waals surface area contributed by atoms with Crippen molar-refractivity contribution < 1.29 is 4.74 Å². The van der Waals surface area contributed by atoms with Crippen LogP contribution in [0, 0.1) is 0 Å². The number of nitrogens with one attached hydrogen (secondary N) is 1. The molecule has 2 heterocycles. The minimum atomic E-state index is 0.0330. The average Bonchev–Trinajstić information content (AvgIpc) is 2.91. The summed E-state index contributed by atoms with van der Waals surface area (Å²) in [4.78, 5) is 0. The number of rotatable bonds is 2. The van der Waals surface area contributed by atoms with Crippen molar-refractivity contribution in [2.75, 3.05) is 13.2 Å². The third-order valence-electron chi connectivity index (χ3n) is 3.25. The molecule has 0 saturated carbocycles. The SMILES string of the molecule is NCC1OCCc2c(-c3cn[nH]c3)cccc21. The van der Waals surface area contributed by atoms with E-state index in [2.05, 4.69) is 28.4 Å². The Kier molecular flexibility index (Phi) is 2.66. The zero-order chi connectivity index (χ0) is 11.7. The van der Waals surface area contributed by atoms with E-state index in [1.54, 1.807) is 0 Å². The van der Waals surface area contributed by atoms with Gasteiger partial charge in [0.2, 0.25) is 0 Å². The third kappa shape index (κ3) is 1.75. The molecule has 1 aliphatic rings. The van der Waals surface area contributed by atoms with Crippen LogP contribution in [-0.2, 0) is 11.2 Å². The van der Waals surface area contributed by atoms with Gasteiger partial charge < -0.3 is 10.5 Å². The molecule has 2 aromatic rings. The first-order chi connectivity index (χ1) is 8.40. The molecule has 1 unspecified atom stereocenters. The highest BCUT2D eigenvalue weighted by atomic mass is 16.5. The van der Waals surface area contributed by atoms with Gasteiger partial charge in [-0.3, -0.25) is 5.10 Å². The van der Waals surface area contributed by atoms with E-state index >= 15 is 0 Å². The molecule has 0 aliphatic carbocycles. The summed E-state index contributed by atoms with van der Waals surface area (Å²) in [7, 11) is 0. The average molecular weight is 229 g/mol. The summed E-state index contributed by atoms with van der Waals surface area (Å²) < 4.78 is 5.68. The molecule has 17 heavy (non-hydrogen) atoms. The Morgan fingerprint density at radius 3 is 3.18 bits per heavy atom. The van der Waals surface area contributed by atoms with Crippen LogP contribution in [0.4, 0.5) is 0 Å². The lowest BCUT2D eigenvalue weighted by Crippen LogP contribution is -2.23. The van der Waals surface area contributed by atoms with Crippen LogP contribution >= 0.6 is 0 Å². The molecule has 3 rings (SSSR count). The molecule has 1 aliphatic heterocycles. The molecule has 0 amide bonds. The van der Waals surface area contributed by atoms with Crippen LogP contribution in [0.2, 0.25) is 0 Å². The number of aromatic nitrogens is 2.